The van der Waals surface area contributed by atoms with Crippen LogP contribution >= 0.6 is 0 Å². The molecule has 1 fully saturated rings. The highest BCUT2D eigenvalue weighted by Gasteiger charge is 2.64. The normalized spacial score (nSPS) is 43.4. The molecule has 2 aliphatic carbocycles. The number of nitrogens with one attached hydrogen (secondary N) is 1. The second kappa shape index (κ2) is 8.19. The van der Waals surface area contributed by atoms with E-state index in [0.717, 1.165) is 12.0 Å². The zero-order valence-electron chi connectivity index (χ0n) is 18.2. The summed E-state index contributed by atoms with van der Waals surface area (Å²) in [6, 6.07) is -0.0599. The van der Waals surface area contributed by atoms with E-state index in [1.165, 1.54) is 17.7 Å². The SMILES string of the molecule is CC1=C[C@@H]2/C=C(/C)CC[C@@H](O)[C@@H](O)/C=C\C(=O)[C@]23C(=O)N[C@@H](CC(C)C)[C@@H]3[C@@H]1C. The predicted octanol–water partition coefficient (Wildman–Crippen LogP) is 2.93. The van der Waals surface area contributed by atoms with Crippen LogP contribution in [0.1, 0.15) is 53.9 Å². The Kier molecular flexibility index (Phi) is 6.21. The van der Waals surface area contributed by atoms with Crippen molar-refractivity contribution < 1.29 is 19.8 Å². The number of rotatable bonds is 2. The minimum atomic E-state index is -1.20. The van der Waals surface area contributed by atoms with Gasteiger partial charge < -0.3 is 15.5 Å². The molecule has 0 bridgehead atoms. The van der Waals surface area contributed by atoms with Crippen molar-refractivity contribution >= 4 is 11.7 Å². The van der Waals surface area contributed by atoms with Gasteiger partial charge in [-0.1, -0.05) is 50.1 Å². The molecule has 3 aliphatic rings. The fourth-order valence-corrected chi connectivity index (χ4v) is 5.53. The van der Waals surface area contributed by atoms with Gasteiger partial charge in [0, 0.05) is 17.9 Å². The number of amides is 1. The first-order valence-electron chi connectivity index (χ1n) is 10.8. The largest absolute Gasteiger partial charge is 0.390 e. The summed E-state index contributed by atoms with van der Waals surface area (Å²) >= 11 is 0. The van der Waals surface area contributed by atoms with Gasteiger partial charge in [-0.25, -0.2) is 0 Å². The number of ketones is 1. The first kappa shape index (κ1) is 22.0. The Morgan fingerprint density at radius 1 is 1.21 bits per heavy atom. The van der Waals surface area contributed by atoms with Crippen LogP contribution in [0.5, 0.6) is 0 Å². The topological polar surface area (TPSA) is 86.6 Å². The molecular formula is C24H35NO4. The van der Waals surface area contributed by atoms with Gasteiger partial charge in [0.15, 0.2) is 5.78 Å². The Hall–Kier alpha value is -1.72. The van der Waals surface area contributed by atoms with E-state index in [0.29, 0.717) is 18.8 Å². The maximum Gasteiger partial charge on any atom is 0.235 e. The number of hydrogen-bond acceptors (Lipinski definition) is 4. The van der Waals surface area contributed by atoms with Gasteiger partial charge in [-0.3, -0.25) is 9.59 Å². The van der Waals surface area contributed by atoms with E-state index in [9.17, 15) is 19.8 Å². The van der Waals surface area contributed by atoms with Gasteiger partial charge >= 0.3 is 0 Å². The highest BCUT2D eigenvalue weighted by molar-refractivity contribution is 6.13. The molecule has 29 heavy (non-hydrogen) atoms. The quantitative estimate of drug-likeness (QED) is 0.490. The van der Waals surface area contributed by atoms with Crippen LogP contribution in [-0.4, -0.2) is 40.2 Å². The van der Waals surface area contributed by atoms with Gasteiger partial charge in [-0.05, 0) is 51.0 Å². The van der Waals surface area contributed by atoms with Crippen LogP contribution in [0.3, 0.4) is 0 Å². The first-order chi connectivity index (χ1) is 13.6. The molecule has 7 atom stereocenters. The lowest BCUT2D eigenvalue weighted by molar-refractivity contribution is -0.142. The van der Waals surface area contributed by atoms with E-state index in [1.54, 1.807) is 0 Å². The summed E-state index contributed by atoms with van der Waals surface area (Å²) in [6.45, 7) is 10.4. The van der Waals surface area contributed by atoms with Crippen LogP contribution in [-0.2, 0) is 9.59 Å². The summed E-state index contributed by atoms with van der Waals surface area (Å²) in [6.07, 6.45) is 6.60. The molecular weight excluding hydrogens is 366 g/mol. The molecule has 0 aromatic carbocycles. The maximum atomic E-state index is 13.6. The summed E-state index contributed by atoms with van der Waals surface area (Å²) in [5.41, 5.74) is 1.02. The van der Waals surface area contributed by atoms with Gasteiger partial charge in [0.05, 0.1) is 12.2 Å². The van der Waals surface area contributed by atoms with Crippen LogP contribution < -0.4 is 5.32 Å². The molecule has 0 aromatic rings. The van der Waals surface area contributed by atoms with E-state index in [-0.39, 0.29) is 35.5 Å². The lowest BCUT2D eigenvalue weighted by Gasteiger charge is -2.44. The van der Waals surface area contributed by atoms with Gasteiger partial charge in [0.25, 0.3) is 0 Å². The van der Waals surface area contributed by atoms with E-state index < -0.39 is 17.6 Å². The molecule has 0 radical (unpaired) electrons. The van der Waals surface area contributed by atoms with Crippen molar-refractivity contribution in [3.8, 4) is 0 Å². The summed E-state index contributed by atoms with van der Waals surface area (Å²) in [4.78, 5) is 27.1. The average Bonchev–Trinajstić information content (AvgIpc) is 2.93. The molecule has 1 amide bonds. The number of carbonyl (C=O) groups is 2. The lowest BCUT2D eigenvalue weighted by atomic mass is 9.55. The average molecular weight is 402 g/mol. The molecule has 1 heterocycles. The molecule has 0 saturated carbocycles. The van der Waals surface area contributed by atoms with Crippen molar-refractivity contribution in [3.63, 3.8) is 0 Å². The van der Waals surface area contributed by atoms with Crippen LogP contribution in [0.2, 0.25) is 0 Å². The number of aliphatic hydroxyl groups excluding tert-OH is 2. The van der Waals surface area contributed by atoms with Crippen molar-refractivity contribution in [1.29, 1.82) is 0 Å². The third-order valence-electron chi connectivity index (χ3n) is 7.15. The zero-order chi connectivity index (χ0) is 21.5. The Morgan fingerprint density at radius 2 is 1.90 bits per heavy atom. The molecule has 1 spiro atoms. The Balaban J connectivity index is 2.20. The number of allylic oxidation sites excluding steroid dienone is 5. The van der Waals surface area contributed by atoms with E-state index in [1.807, 2.05) is 13.0 Å². The molecule has 5 heteroatoms. The van der Waals surface area contributed by atoms with Crippen molar-refractivity contribution in [2.24, 2.45) is 29.1 Å². The van der Waals surface area contributed by atoms with Gasteiger partial charge in [-0.2, -0.15) is 0 Å². The Labute approximate surface area is 174 Å². The molecule has 1 saturated heterocycles. The van der Waals surface area contributed by atoms with Gasteiger partial charge in [-0.15, -0.1) is 0 Å². The minimum Gasteiger partial charge on any atom is -0.390 e. The highest BCUT2D eigenvalue weighted by Crippen LogP contribution is 2.55. The Bertz CT molecular complexity index is 765. The molecule has 1 aliphatic heterocycles. The third kappa shape index (κ3) is 3.75. The van der Waals surface area contributed by atoms with E-state index in [4.69, 9.17) is 0 Å². The Morgan fingerprint density at radius 3 is 2.55 bits per heavy atom. The second-order valence-corrected chi connectivity index (χ2v) is 9.66. The molecule has 160 valence electrons. The zero-order valence-corrected chi connectivity index (χ0v) is 18.2. The monoisotopic (exact) mass is 401 g/mol. The number of aliphatic hydroxyl groups is 2. The van der Waals surface area contributed by atoms with Gasteiger partial charge in [0.2, 0.25) is 5.91 Å². The molecule has 3 N–H and O–H groups in total. The van der Waals surface area contributed by atoms with E-state index >= 15 is 0 Å². The number of hydrogen-bond donors (Lipinski definition) is 3. The second-order valence-electron chi connectivity index (χ2n) is 9.66. The minimum absolute atomic E-state index is 0.0599. The molecule has 3 rings (SSSR count). The summed E-state index contributed by atoms with van der Waals surface area (Å²) in [7, 11) is 0. The maximum absolute atomic E-state index is 13.6. The summed E-state index contributed by atoms with van der Waals surface area (Å²) in [5.74, 6) is -0.455. The lowest BCUT2D eigenvalue weighted by Crippen LogP contribution is -2.51. The fourth-order valence-electron chi connectivity index (χ4n) is 5.53. The number of carbonyl (C=O) groups excluding carboxylic acids is 2. The van der Waals surface area contributed by atoms with Crippen molar-refractivity contribution in [2.45, 2.75) is 72.1 Å². The van der Waals surface area contributed by atoms with Crippen LogP contribution in [0.15, 0.2) is 35.5 Å². The molecule has 5 nitrogen and oxygen atoms in total. The highest BCUT2D eigenvalue weighted by atomic mass is 16.3. The molecule has 0 unspecified atom stereocenters. The standard InChI is InChI=1S/C24H35NO4/c1-13(2)10-18-22-16(5)15(4)12-17-11-14(3)6-7-19(26)20(27)8-9-21(28)24(17,22)23(29)25-18/h8-9,11-13,16-20,22,26-27H,6-7,10H2,1-5H3,(H,25,29)/b9-8-,14-11-/t16-,17+,18+,19-,20+,22+,24-/m1/s1. The van der Waals surface area contributed by atoms with Crippen molar-refractivity contribution in [1.82, 2.24) is 5.32 Å². The van der Waals surface area contributed by atoms with Crippen LogP contribution in [0, 0.1) is 29.1 Å². The molecule has 0 aromatic heterocycles. The summed E-state index contributed by atoms with van der Waals surface area (Å²) in [5, 5.41) is 23.6. The summed E-state index contributed by atoms with van der Waals surface area (Å²) < 4.78 is 0. The van der Waals surface area contributed by atoms with Crippen molar-refractivity contribution in [2.75, 3.05) is 0 Å². The van der Waals surface area contributed by atoms with E-state index in [2.05, 4.69) is 39.1 Å². The predicted molar refractivity (Wildman–Crippen MR) is 113 cm³/mol. The fraction of sp³-hybridized carbons (Fsp3) is 0.667. The third-order valence-corrected chi connectivity index (χ3v) is 7.15. The van der Waals surface area contributed by atoms with Gasteiger partial charge in [0.1, 0.15) is 5.41 Å². The first-order valence-corrected chi connectivity index (χ1v) is 10.8. The smallest absolute Gasteiger partial charge is 0.235 e. The van der Waals surface area contributed by atoms with Crippen LogP contribution in [0.25, 0.3) is 0 Å². The van der Waals surface area contributed by atoms with Crippen LogP contribution in [0.4, 0.5) is 0 Å². The van der Waals surface area contributed by atoms with Crippen molar-refractivity contribution in [3.05, 3.63) is 35.5 Å².